The topological polar surface area (TPSA) is 12.0 Å². The summed E-state index contributed by atoms with van der Waals surface area (Å²) in [6.45, 7) is 2.55. The van der Waals surface area contributed by atoms with Crippen LogP contribution in [-0.4, -0.2) is 12.5 Å². The normalized spacial score (nSPS) is 25.1. The van der Waals surface area contributed by atoms with Crippen LogP contribution < -0.4 is 5.32 Å². The van der Waals surface area contributed by atoms with E-state index in [9.17, 15) is 8.78 Å². The molecule has 0 aliphatic carbocycles. The summed E-state index contributed by atoms with van der Waals surface area (Å²) >= 11 is 0. The number of alkyl halides is 2. The summed E-state index contributed by atoms with van der Waals surface area (Å²) < 4.78 is 27.3. The molecule has 82 valence electrons. The lowest BCUT2D eigenvalue weighted by molar-refractivity contribution is -0.0621. The summed E-state index contributed by atoms with van der Waals surface area (Å²) in [5.74, 6) is -2.62. The molecule has 2 rings (SSSR count). The first-order valence-corrected chi connectivity index (χ1v) is 5.28. The molecule has 15 heavy (non-hydrogen) atoms. The third-order valence-electron chi connectivity index (χ3n) is 2.96. The molecular formula is C12H15F2N. The Bertz CT molecular complexity index is 349. The molecule has 0 aromatic heterocycles. The van der Waals surface area contributed by atoms with Gasteiger partial charge in [0.05, 0.1) is 6.04 Å². The first-order chi connectivity index (χ1) is 7.11. The van der Waals surface area contributed by atoms with Crippen LogP contribution in [0.25, 0.3) is 0 Å². The van der Waals surface area contributed by atoms with E-state index in [4.69, 9.17) is 0 Å². The SMILES string of the molecule is Cc1ccccc1C1NCCCC1(F)F. The van der Waals surface area contributed by atoms with Gasteiger partial charge < -0.3 is 5.32 Å². The van der Waals surface area contributed by atoms with Gasteiger partial charge in [0.15, 0.2) is 0 Å². The molecule has 1 atom stereocenters. The van der Waals surface area contributed by atoms with E-state index in [2.05, 4.69) is 5.32 Å². The van der Waals surface area contributed by atoms with E-state index >= 15 is 0 Å². The van der Waals surface area contributed by atoms with Crippen LogP contribution in [0.2, 0.25) is 0 Å². The fourth-order valence-corrected chi connectivity index (χ4v) is 2.11. The minimum absolute atomic E-state index is 0.0149. The van der Waals surface area contributed by atoms with E-state index < -0.39 is 12.0 Å². The average molecular weight is 211 g/mol. The number of rotatable bonds is 1. The lowest BCUT2D eigenvalue weighted by atomic mass is 9.91. The molecule has 1 heterocycles. The smallest absolute Gasteiger partial charge is 0.267 e. The van der Waals surface area contributed by atoms with Gasteiger partial charge in [-0.25, -0.2) is 8.78 Å². The summed E-state index contributed by atoms with van der Waals surface area (Å²) in [5.41, 5.74) is 1.65. The van der Waals surface area contributed by atoms with Crippen molar-refractivity contribution in [2.45, 2.75) is 31.7 Å². The van der Waals surface area contributed by atoms with Crippen LogP contribution in [-0.2, 0) is 0 Å². The number of nitrogens with one attached hydrogen (secondary N) is 1. The van der Waals surface area contributed by atoms with E-state index in [1.807, 2.05) is 25.1 Å². The molecule has 1 fully saturated rings. The Morgan fingerprint density at radius 1 is 1.33 bits per heavy atom. The molecule has 1 N–H and O–H groups in total. The lowest BCUT2D eigenvalue weighted by Gasteiger charge is -2.33. The Labute approximate surface area is 88.5 Å². The Hall–Kier alpha value is -0.960. The minimum atomic E-state index is -2.62. The largest absolute Gasteiger partial charge is 0.305 e. The molecule has 0 spiro atoms. The number of halogens is 2. The zero-order valence-corrected chi connectivity index (χ0v) is 8.76. The second-order valence-corrected chi connectivity index (χ2v) is 4.11. The highest BCUT2D eigenvalue weighted by Gasteiger charge is 2.42. The molecule has 1 saturated heterocycles. The van der Waals surface area contributed by atoms with Gasteiger partial charge in [0, 0.05) is 6.42 Å². The summed E-state index contributed by atoms with van der Waals surface area (Å²) in [7, 11) is 0. The second kappa shape index (κ2) is 3.89. The highest BCUT2D eigenvalue weighted by molar-refractivity contribution is 5.30. The predicted molar refractivity (Wildman–Crippen MR) is 56.1 cm³/mol. The molecule has 1 nitrogen and oxygen atoms in total. The molecule has 3 heteroatoms. The molecule has 0 radical (unpaired) electrons. The van der Waals surface area contributed by atoms with Crippen LogP contribution in [0.1, 0.15) is 30.0 Å². The van der Waals surface area contributed by atoms with Crippen molar-refractivity contribution in [3.05, 3.63) is 35.4 Å². The highest BCUT2D eigenvalue weighted by Crippen LogP contribution is 2.38. The van der Waals surface area contributed by atoms with Crippen LogP contribution in [0.15, 0.2) is 24.3 Å². The molecule has 0 saturated carbocycles. The summed E-state index contributed by atoms with van der Waals surface area (Å²) in [5, 5.41) is 2.92. The molecular weight excluding hydrogens is 196 g/mol. The monoisotopic (exact) mass is 211 g/mol. The summed E-state index contributed by atoms with van der Waals surface area (Å²) in [6, 6.07) is 6.54. The van der Waals surface area contributed by atoms with Gasteiger partial charge in [-0.3, -0.25) is 0 Å². The fraction of sp³-hybridized carbons (Fsp3) is 0.500. The Kier molecular flexibility index (Phi) is 2.74. The van der Waals surface area contributed by atoms with Crippen molar-refractivity contribution in [3.63, 3.8) is 0 Å². The van der Waals surface area contributed by atoms with E-state index in [0.717, 1.165) is 11.1 Å². The van der Waals surface area contributed by atoms with Gasteiger partial charge in [0.25, 0.3) is 5.92 Å². The average Bonchev–Trinajstić information content (AvgIpc) is 2.19. The fourth-order valence-electron chi connectivity index (χ4n) is 2.11. The van der Waals surface area contributed by atoms with Crippen LogP contribution in [0.4, 0.5) is 8.78 Å². The number of benzene rings is 1. The molecule has 1 aliphatic rings. The number of piperidine rings is 1. The molecule has 1 aromatic rings. The third kappa shape index (κ3) is 2.02. The third-order valence-corrected chi connectivity index (χ3v) is 2.96. The van der Waals surface area contributed by atoms with Crippen molar-refractivity contribution in [1.82, 2.24) is 5.32 Å². The van der Waals surface area contributed by atoms with Crippen molar-refractivity contribution in [3.8, 4) is 0 Å². The van der Waals surface area contributed by atoms with Crippen molar-refractivity contribution in [1.29, 1.82) is 0 Å². The summed E-state index contributed by atoms with van der Waals surface area (Å²) in [6.07, 6.45) is 0.536. The number of aryl methyl sites for hydroxylation is 1. The van der Waals surface area contributed by atoms with Crippen molar-refractivity contribution in [2.24, 2.45) is 0 Å². The number of hydrogen-bond donors (Lipinski definition) is 1. The van der Waals surface area contributed by atoms with E-state index in [0.29, 0.717) is 13.0 Å². The van der Waals surface area contributed by atoms with Gasteiger partial charge in [-0.2, -0.15) is 0 Å². The van der Waals surface area contributed by atoms with Crippen molar-refractivity contribution in [2.75, 3.05) is 6.54 Å². The standard InChI is InChI=1S/C12H15F2N/c1-9-5-2-3-6-10(9)11-12(13,14)7-4-8-15-11/h2-3,5-6,11,15H,4,7-8H2,1H3. The molecule has 0 bridgehead atoms. The second-order valence-electron chi connectivity index (χ2n) is 4.11. The Morgan fingerprint density at radius 2 is 2.07 bits per heavy atom. The van der Waals surface area contributed by atoms with Crippen LogP contribution in [0, 0.1) is 6.92 Å². The van der Waals surface area contributed by atoms with Gasteiger partial charge in [-0.15, -0.1) is 0 Å². The lowest BCUT2D eigenvalue weighted by Crippen LogP contribution is -2.42. The van der Waals surface area contributed by atoms with Gasteiger partial charge >= 0.3 is 0 Å². The quantitative estimate of drug-likeness (QED) is 0.752. The van der Waals surface area contributed by atoms with Gasteiger partial charge in [0.2, 0.25) is 0 Å². The first kappa shape index (κ1) is 10.6. The van der Waals surface area contributed by atoms with Gasteiger partial charge in [0.1, 0.15) is 0 Å². The Balaban J connectivity index is 2.33. The number of hydrogen-bond acceptors (Lipinski definition) is 1. The van der Waals surface area contributed by atoms with Crippen molar-refractivity contribution < 1.29 is 8.78 Å². The maximum atomic E-state index is 13.7. The zero-order valence-electron chi connectivity index (χ0n) is 8.76. The van der Waals surface area contributed by atoms with E-state index in [-0.39, 0.29) is 6.42 Å². The molecule has 0 amide bonds. The molecule has 1 unspecified atom stereocenters. The summed E-state index contributed by atoms with van der Waals surface area (Å²) in [4.78, 5) is 0. The van der Waals surface area contributed by atoms with Crippen LogP contribution in [0.5, 0.6) is 0 Å². The maximum Gasteiger partial charge on any atom is 0.267 e. The van der Waals surface area contributed by atoms with Gasteiger partial charge in [-0.1, -0.05) is 24.3 Å². The Morgan fingerprint density at radius 3 is 2.73 bits per heavy atom. The van der Waals surface area contributed by atoms with Crippen LogP contribution in [0.3, 0.4) is 0 Å². The zero-order chi connectivity index (χ0) is 10.9. The van der Waals surface area contributed by atoms with Gasteiger partial charge in [-0.05, 0) is 31.0 Å². The molecule has 1 aliphatic heterocycles. The van der Waals surface area contributed by atoms with Crippen LogP contribution >= 0.6 is 0 Å². The maximum absolute atomic E-state index is 13.7. The first-order valence-electron chi connectivity index (χ1n) is 5.28. The predicted octanol–water partition coefficient (Wildman–Crippen LogP) is 3.05. The molecule has 1 aromatic carbocycles. The highest BCUT2D eigenvalue weighted by atomic mass is 19.3. The van der Waals surface area contributed by atoms with E-state index in [1.165, 1.54) is 0 Å². The minimum Gasteiger partial charge on any atom is -0.305 e. The van der Waals surface area contributed by atoms with Crippen molar-refractivity contribution >= 4 is 0 Å². The van der Waals surface area contributed by atoms with E-state index in [1.54, 1.807) is 6.07 Å².